The Morgan fingerprint density at radius 3 is 1.94 bits per heavy atom. The standard InChI is InChI=1S/C25H49O6PS/c1-5-8-10-12-13-14-16-18-21-33-23(19-17-15-11-9-6-2)22(4)30-31-25(32-28,24(26)27)29-20-7-3/h22-23H,5-21H2,1-4H3,(H,26,27). The van der Waals surface area contributed by atoms with Gasteiger partial charge in [-0.25, -0.2) is 9.68 Å². The maximum absolute atomic E-state index is 11.6. The molecule has 0 aliphatic carbocycles. The number of rotatable bonds is 25. The summed E-state index contributed by atoms with van der Waals surface area (Å²) in [6.45, 7) is 8.31. The Hall–Kier alpha value is -0.200. The smallest absolute Gasteiger partial charge is 0.380 e. The SMILES string of the molecule is CCCCCCCCCCSC(CCCCCCC)C(C)OOC(OCCC)(P=O)C(=O)O. The zero-order chi connectivity index (χ0) is 24.8. The second-order valence-corrected chi connectivity index (χ2v) is 10.9. The van der Waals surface area contributed by atoms with Crippen LogP contribution in [0.15, 0.2) is 0 Å². The number of ether oxygens (including phenoxy) is 1. The highest BCUT2D eigenvalue weighted by atomic mass is 32.2. The van der Waals surface area contributed by atoms with E-state index in [1.165, 1.54) is 77.0 Å². The van der Waals surface area contributed by atoms with Crippen LogP contribution >= 0.6 is 20.2 Å². The molecule has 0 aliphatic rings. The van der Waals surface area contributed by atoms with Crippen molar-refractivity contribution in [2.24, 2.45) is 0 Å². The second-order valence-electron chi connectivity index (χ2n) is 8.80. The van der Waals surface area contributed by atoms with Crippen molar-refractivity contribution >= 4 is 26.2 Å². The third kappa shape index (κ3) is 16.2. The Morgan fingerprint density at radius 1 is 0.879 bits per heavy atom. The molecule has 0 aromatic rings. The molecular formula is C25H49O6PS. The lowest BCUT2D eigenvalue weighted by molar-refractivity contribution is -0.402. The molecule has 3 atom stereocenters. The molecular weight excluding hydrogens is 459 g/mol. The van der Waals surface area contributed by atoms with Gasteiger partial charge in [0.25, 0.3) is 0 Å². The monoisotopic (exact) mass is 508 g/mol. The molecule has 196 valence electrons. The van der Waals surface area contributed by atoms with Gasteiger partial charge in [0, 0.05) is 5.25 Å². The summed E-state index contributed by atoms with van der Waals surface area (Å²) in [5.74, 6) is -0.402. The van der Waals surface area contributed by atoms with Gasteiger partial charge in [-0.15, -0.1) is 0 Å². The van der Waals surface area contributed by atoms with Crippen molar-refractivity contribution in [2.45, 2.75) is 141 Å². The molecule has 0 amide bonds. The third-order valence-electron chi connectivity index (χ3n) is 5.65. The molecule has 0 radical (unpaired) electrons. The van der Waals surface area contributed by atoms with Crippen molar-refractivity contribution in [3.05, 3.63) is 0 Å². The number of carboxylic acids is 1. The molecule has 0 saturated heterocycles. The van der Waals surface area contributed by atoms with Crippen LogP contribution < -0.4 is 0 Å². The van der Waals surface area contributed by atoms with Crippen LogP contribution in [0, 0.1) is 0 Å². The average molecular weight is 509 g/mol. The molecule has 0 rings (SSSR count). The summed E-state index contributed by atoms with van der Waals surface area (Å²) in [6, 6.07) is 0. The van der Waals surface area contributed by atoms with E-state index in [4.69, 9.17) is 14.5 Å². The molecule has 0 heterocycles. The van der Waals surface area contributed by atoms with E-state index < -0.39 is 20.0 Å². The first-order valence-electron chi connectivity index (χ1n) is 13.1. The van der Waals surface area contributed by atoms with Crippen molar-refractivity contribution in [3.63, 3.8) is 0 Å². The van der Waals surface area contributed by atoms with Gasteiger partial charge in [-0.2, -0.15) is 16.6 Å². The summed E-state index contributed by atoms with van der Waals surface area (Å²) in [6.07, 6.45) is 17.6. The largest absolute Gasteiger partial charge is 0.477 e. The minimum atomic E-state index is -2.31. The van der Waals surface area contributed by atoms with Crippen LogP contribution in [0.3, 0.4) is 0 Å². The maximum atomic E-state index is 11.6. The lowest BCUT2D eigenvalue weighted by Gasteiger charge is -2.27. The number of hydrogen-bond donors (Lipinski definition) is 1. The van der Waals surface area contributed by atoms with Gasteiger partial charge in [0.2, 0.25) is 8.46 Å². The minimum Gasteiger partial charge on any atom is -0.477 e. The van der Waals surface area contributed by atoms with E-state index in [0.29, 0.717) is 6.42 Å². The fourth-order valence-electron chi connectivity index (χ4n) is 3.52. The zero-order valence-electron chi connectivity index (χ0n) is 21.5. The summed E-state index contributed by atoms with van der Waals surface area (Å²) in [4.78, 5) is 22.3. The van der Waals surface area contributed by atoms with Gasteiger partial charge in [-0.05, 0) is 31.9 Å². The molecule has 0 aromatic heterocycles. The van der Waals surface area contributed by atoms with Crippen LogP contribution in [0.5, 0.6) is 0 Å². The molecule has 0 fully saturated rings. The van der Waals surface area contributed by atoms with Crippen LogP contribution in [0.1, 0.15) is 124 Å². The van der Waals surface area contributed by atoms with Gasteiger partial charge in [-0.1, -0.05) is 97.8 Å². The van der Waals surface area contributed by atoms with Gasteiger partial charge >= 0.3 is 11.5 Å². The van der Waals surface area contributed by atoms with E-state index in [2.05, 4.69) is 13.8 Å². The Morgan fingerprint density at radius 2 is 1.42 bits per heavy atom. The van der Waals surface area contributed by atoms with E-state index in [0.717, 1.165) is 18.6 Å². The van der Waals surface area contributed by atoms with E-state index in [9.17, 15) is 14.5 Å². The predicted molar refractivity (Wildman–Crippen MR) is 138 cm³/mol. The molecule has 8 heteroatoms. The Balaban J connectivity index is 4.61. The van der Waals surface area contributed by atoms with Gasteiger partial charge in [0.1, 0.15) is 6.10 Å². The third-order valence-corrected chi connectivity index (χ3v) is 7.86. The fraction of sp³-hybridized carbons (Fsp3) is 0.960. The van der Waals surface area contributed by atoms with Crippen molar-refractivity contribution in [1.82, 2.24) is 0 Å². The van der Waals surface area contributed by atoms with Crippen molar-refractivity contribution in [2.75, 3.05) is 12.4 Å². The van der Waals surface area contributed by atoms with E-state index in [1.807, 2.05) is 25.6 Å². The lowest BCUT2D eigenvalue weighted by Crippen LogP contribution is -2.41. The summed E-state index contributed by atoms with van der Waals surface area (Å²) >= 11 is 1.88. The summed E-state index contributed by atoms with van der Waals surface area (Å²) in [7, 11) is -0.784. The molecule has 0 bridgehead atoms. The van der Waals surface area contributed by atoms with E-state index in [-0.39, 0.29) is 18.0 Å². The van der Waals surface area contributed by atoms with Crippen LogP contribution in [-0.2, 0) is 23.9 Å². The van der Waals surface area contributed by atoms with Crippen LogP contribution in [0.4, 0.5) is 0 Å². The van der Waals surface area contributed by atoms with Gasteiger partial charge < -0.3 is 9.84 Å². The van der Waals surface area contributed by atoms with Crippen LogP contribution in [-0.4, -0.2) is 40.3 Å². The molecule has 3 unspecified atom stereocenters. The number of carbonyl (C=O) groups is 1. The molecule has 0 aromatic carbocycles. The topological polar surface area (TPSA) is 82.1 Å². The molecule has 0 saturated carbocycles. The molecule has 0 aliphatic heterocycles. The number of unbranched alkanes of at least 4 members (excludes halogenated alkanes) is 11. The van der Waals surface area contributed by atoms with Crippen molar-refractivity contribution in [1.29, 1.82) is 0 Å². The second kappa shape index (κ2) is 22.3. The number of hydrogen-bond acceptors (Lipinski definition) is 6. The Kier molecular flexibility index (Phi) is 22.1. The zero-order valence-corrected chi connectivity index (χ0v) is 23.2. The first kappa shape index (κ1) is 32.8. The number of aliphatic carboxylic acids is 1. The van der Waals surface area contributed by atoms with Gasteiger partial charge in [0.15, 0.2) is 0 Å². The Labute approximate surface area is 208 Å². The number of thioether (sulfide) groups is 1. The molecule has 6 nitrogen and oxygen atoms in total. The van der Waals surface area contributed by atoms with Crippen LogP contribution in [0.2, 0.25) is 0 Å². The summed E-state index contributed by atoms with van der Waals surface area (Å²) in [5.41, 5.74) is -2.31. The fourth-order valence-corrected chi connectivity index (χ4v) is 5.14. The quantitative estimate of drug-likeness (QED) is 0.0436. The highest BCUT2D eigenvalue weighted by Crippen LogP contribution is 2.31. The highest BCUT2D eigenvalue weighted by Gasteiger charge is 2.45. The first-order chi connectivity index (χ1) is 16.0. The molecule has 1 N–H and O–H groups in total. The lowest BCUT2D eigenvalue weighted by atomic mass is 10.1. The van der Waals surface area contributed by atoms with E-state index in [1.54, 1.807) is 0 Å². The predicted octanol–water partition coefficient (Wildman–Crippen LogP) is 8.38. The molecule has 33 heavy (non-hydrogen) atoms. The Bertz CT molecular complexity index is 482. The summed E-state index contributed by atoms with van der Waals surface area (Å²) in [5, 5.41) is 9.67. The van der Waals surface area contributed by atoms with E-state index >= 15 is 0 Å². The van der Waals surface area contributed by atoms with Gasteiger partial charge in [0.05, 0.1) is 6.61 Å². The van der Waals surface area contributed by atoms with Crippen LogP contribution in [0.25, 0.3) is 0 Å². The average Bonchev–Trinajstić information content (AvgIpc) is 2.81. The maximum Gasteiger partial charge on any atom is 0.380 e. The van der Waals surface area contributed by atoms with Crippen molar-refractivity contribution < 1.29 is 29.0 Å². The van der Waals surface area contributed by atoms with Crippen molar-refractivity contribution in [3.8, 4) is 0 Å². The highest BCUT2D eigenvalue weighted by molar-refractivity contribution is 7.99. The summed E-state index contributed by atoms with van der Waals surface area (Å²) < 4.78 is 16.8. The normalized spacial score (nSPS) is 15.4. The molecule has 0 spiro atoms. The number of carboxylic acid groups (broad SMARTS) is 1. The van der Waals surface area contributed by atoms with Gasteiger partial charge in [-0.3, -0.25) is 4.57 Å². The minimum absolute atomic E-state index is 0.118. The first-order valence-corrected chi connectivity index (χ1v) is 15.0.